The monoisotopic (exact) mass is 273 g/mol. The number of hydrogen-bond acceptors (Lipinski definition) is 4. The molecule has 1 aliphatic carbocycles. The average Bonchev–Trinajstić information content (AvgIpc) is 2.35. The van der Waals surface area contributed by atoms with Crippen molar-refractivity contribution in [3.8, 4) is 0 Å². The number of aliphatic hydroxyl groups excluding tert-OH is 2. The van der Waals surface area contributed by atoms with E-state index in [1.807, 2.05) is 13.8 Å². The number of rotatable bonds is 7. The zero-order valence-corrected chi connectivity index (χ0v) is 12.9. The van der Waals surface area contributed by atoms with Crippen LogP contribution in [0.5, 0.6) is 0 Å². The Balaban J connectivity index is 2.16. The molecule has 0 radical (unpaired) electrons. The van der Waals surface area contributed by atoms with E-state index >= 15 is 0 Å². The van der Waals surface area contributed by atoms with E-state index in [9.17, 15) is 10.2 Å². The van der Waals surface area contributed by atoms with Crippen LogP contribution >= 0.6 is 0 Å². The van der Waals surface area contributed by atoms with Gasteiger partial charge in [0.25, 0.3) is 0 Å². The van der Waals surface area contributed by atoms with Gasteiger partial charge in [0.05, 0.1) is 24.9 Å². The summed E-state index contributed by atoms with van der Waals surface area (Å²) in [6.07, 6.45) is 4.02. The first kappa shape index (κ1) is 16.9. The molecule has 1 fully saturated rings. The molecule has 1 aliphatic rings. The Morgan fingerprint density at radius 3 is 2.32 bits per heavy atom. The fourth-order valence-corrected chi connectivity index (χ4v) is 2.23. The summed E-state index contributed by atoms with van der Waals surface area (Å²) < 4.78 is 5.77. The van der Waals surface area contributed by atoms with Crippen molar-refractivity contribution in [1.29, 1.82) is 0 Å². The summed E-state index contributed by atoms with van der Waals surface area (Å²) >= 11 is 0. The number of hydrogen-bond donors (Lipinski definition) is 3. The summed E-state index contributed by atoms with van der Waals surface area (Å²) in [6, 6.07) is 0. The van der Waals surface area contributed by atoms with Gasteiger partial charge in [-0.2, -0.15) is 0 Å². The van der Waals surface area contributed by atoms with Gasteiger partial charge in [0.2, 0.25) is 0 Å². The lowest BCUT2D eigenvalue weighted by atomic mass is 9.89. The van der Waals surface area contributed by atoms with Crippen LogP contribution in [-0.4, -0.2) is 47.2 Å². The Hall–Kier alpha value is -0.160. The topological polar surface area (TPSA) is 61.7 Å². The third-order valence-electron chi connectivity index (χ3n) is 4.32. The number of β-amino-alcohol motifs (C(OH)–C–C–N with tert-alkyl or cyclic N) is 1. The van der Waals surface area contributed by atoms with Crippen molar-refractivity contribution in [2.24, 2.45) is 5.92 Å². The Morgan fingerprint density at radius 1 is 1.21 bits per heavy atom. The predicted octanol–water partition coefficient (Wildman–Crippen LogP) is 1.69. The van der Waals surface area contributed by atoms with E-state index in [1.54, 1.807) is 6.92 Å². The summed E-state index contributed by atoms with van der Waals surface area (Å²) in [7, 11) is 0. The van der Waals surface area contributed by atoms with Crippen LogP contribution in [0.15, 0.2) is 0 Å². The van der Waals surface area contributed by atoms with Gasteiger partial charge in [0.15, 0.2) is 0 Å². The SMILES string of the molecule is CC1CCC(OCC(O)CNC(C)(C)C(C)O)CC1. The maximum atomic E-state index is 9.91. The van der Waals surface area contributed by atoms with Gasteiger partial charge in [-0.25, -0.2) is 0 Å². The van der Waals surface area contributed by atoms with Crippen LogP contribution in [0.3, 0.4) is 0 Å². The Morgan fingerprint density at radius 2 is 1.79 bits per heavy atom. The highest BCUT2D eigenvalue weighted by Crippen LogP contribution is 2.25. The van der Waals surface area contributed by atoms with Gasteiger partial charge in [-0.15, -0.1) is 0 Å². The number of ether oxygens (including phenoxy) is 1. The number of nitrogens with one attached hydrogen (secondary N) is 1. The standard InChI is InChI=1S/C15H31NO3/c1-11-5-7-14(8-6-11)19-10-13(18)9-16-15(3,4)12(2)17/h11-14,16-18H,5-10H2,1-4H3. The van der Waals surface area contributed by atoms with Gasteiger partial charge >= 0.3 is 0 Å². The van der Waals surface area contributed by atoms with Gasteiger partial charge in [-0.3, -0.25) is 0 Å². The third kappa shape index (κ3) is 6.21. The van der Waals surface area contributed by atoms with Crippen LogP contribution in [0.1, 0.15) is 53.4 Å². The summed E-state index contributed by atoms with van der Waals surface area (Å²) in [5.41, 5.74) is -0.388. The van der Waals surface area contributed by atoms with Gasteiger partial charge < -0.3 is 20.3 Å². The molecule has 0 aliphatic heterocycles. The van der Waals surface area contributed by atoms with Crippen molar-refractivity contribution < 1.29 is 14.9 Å². The zero-order chi connectivity index (χ0) is 14.5. The Kier molecular flexibility index (Phi) is 6.74. The van der Waals surface area contributed by atoms with Crippen molar-refractivity contribution in [3.63, 3.8) is 0 Å². The summed E-state index contributed by atoms with van der Waals surface area (Å²) in [5, 5.41) is 22.7. The quantitative estimate of drug-likeness (QED) is 0.660. The fraction of sp³-hybridized carbons (Fsp3) is 1.00. The largest absolute Gasteiger partial charge is 0.392 e. The minimum Gasteiger partial charge on any atom is -0.392 e. The van der Waals surface area contributed by atoms with Crippen LogP contribution in [0.4, 0.5) is 0 Å². The fourth-order valence-electron chi connectivity index (χ4n) is 2.23. The number of aliphatic hydroxyl groups is 2. The molecule has 1 rings (SSSR count). The molecule has 2 atom stereocenters. The van der Waals surface area contributed by atoms with E-state index in [-0.39, 0.29) is 5.54 Å². The maximum absolute atomic E-state index is 9.91. The second kappa shape index (κ2) is 7.58. The molecule has 0 saturated heterocycles. The second-order valence-electron chi connectivity index (χ2n) is 6.65. The van der Waals surface area contributed by atoms with Crippen molar-refractivity contribution in [3.05, 3.63) is 0 Å². The Labute approximate surface area is 117 Å². The van der Waals surface area contributed by atoms with Crippen LogP contribution in [0.25, 0.3) is 0 Å². The molecule has 0 spiro atoms. The van der Waals surface area contributed by atoms with Crippen molar-refractivity contribution in [1.82, 2.24) is 5.32 Å². The highest BCUT2D eigenvalue weighted by Gasteiger charge is 2.24. The van der Waals surface area contributed by atoms with E-state index in [4.69, 9.17) is 4.74 Å². The molecule has 1 saturated carbocycles. The van der Waals surface area contributed by atoms with Crippen molar-refractivity contribution in [2.45, 2.75) is 77.2 Å². The van der Waals surface area contributed by atoms with Gasteiger partial charge in [-0.05, 0) is 52.4 Å². The van der Waals surface area contributed by atoms with Crippen LogP contribution < -0.4 is 5.32 Å². The molecule has 0 bridgehead atoms. The molecule has 3 N–H and O–H groups in total. The smallest absolute Gasteiger partial charge is 0.0898 e. The van der Waals surface area contributed by atoms with E-state index in [2.05, 4.69) is 12.2 Å². The third-order valence-corrected chi connectivity index (χ3v) is 4.32. The minimum atomic E-state index is -0.516. The van der Waals surface area contributed by atoms with E-state index < -0.39 is 12.2 Å². The van der Waals surface area contributed by atoms with Crippen LogP contribution in [0, 0.1) is 5.92 Å². The zero-order valence-electron chi connectivity index (χ0n) is 12.9. The van der Waals surface area contributed by atoms with Gasteiger partial charge in [0.1, 0.15) is 0 Å². The van der Waals surface area contributed by atoms with E-state index in [0.717, 1.165) is 18.8 Å². The molecular formula is C15H31NO3. The first-order valence-corrected chi connectivity index (χ1v) is 7.54. The van der Waals surface area contributed by atoms with E-state index in [1.165, 1.54) is 12.8 Å². The summed E-state index contributed by atoms with van der Waals surface area (Å²) in [5.74, 6) is 0.818. The molecule has 2 unspecified atom stereocenters. The lowest BCUT2D eigenvalue weighted by Gasteiger charge is -2.31. The highest BCUT2D eigenvalue weighted by atomic mass is 16.5. The molecule has 0 aromatic rings. The van der Waals surface area contributed by atoms with Crippen LogP contribution in [0.2, 0.25) is 0 Å². The highest BCUT2D eigenvalue weighted by molar-refractivity contribution is 4.84. The van der Waals surface area contributed by atoms with Crippen molar-refractivity contribution >= 4 is 0 Å². The minimum absolute atomic E-state index is 0.315. The second-order valence-corrected chi connectivity index (χ2v) is 6.65. The molecule has 19 heavy (non-hydrogen) atoms. The average molecular weight is 273 g/mol. The summed E-state index contributed by atoms with van der Waals surface area (Å²) in [4.78, 5) is 0. The first-order valence-electron chi connectivity index (χ1n) is 7.54. The molecule has 114 valence electrons. The maximum Gasteiger partial charge on any atom is 0.0898 e. The molecule has 4 heteroatoms. The van der Waals surface area contributed by atoms with Gasteiger partial charge in [0, 0.05) is 12.1 Å². The Bertz CT molecular complexity index is 248. The molecule has 0 aromatic carbocycles. The van der Waals surface area contributed by atoms with Crippen LogP contribution in [-0.2, 0) is 4.74 Å². The first-order chi connectivity index (χ1) is 8.81. The normalized spacial score (nSPS) is 28.1. The lowest BCUT2D eigenvalue weighted by Crippen LogP contribution is -2.51. The van der Waals surface area contributed by atoms with Gasteiger partial charge in [-0.1, -0.05) is 6.92 Å². The molecule has 0 heterocycles. The molecular weight excluding hydrogens is 242 g/mol. The molecule has 4 nitrogen and oxygen atoms in total. The van der Waals surface area contributed by atoms with E-state index in [0.29, 0.717) is 19.3 Å². The summed E-state index contributed by atoms with van der Waals surface area (Å²) in [6.45, 7) is 8.71. The predicted molar refractivity (Wildman–Crippen MR) is 77.1 cm³/mol. The van der Waals surface area contributed by atoms with Crippen molar-refractivity contribution in [2.75, 3.05) is 13.2 Å². The molecule has 0 aromatic heterocycles. The lowest BCUT2D eigenvalue weighted by molar-refractivity contribution is -0.0314. The molecule has 0 amide bonds.